The average molecular weight is 233 g/mol. The molecule has 4 rings (SSSR count). The Kier molecular flexibility index (Phi) is 1.83. The molecule has 0 radical (unpaired) electrons. The van der Waals surface area contributed by atoms with Gasteiger partial charge in [-0.15, -0.1) is 0 Å². The number of aromatic nitrogens is 1. The lowest BCUT2D eigenvalue weighted by Gasteiger charge is -2.04. The van der Waals surface area contributed by atoms with Gasteiger partial charge in [0.1, 0.15) is 5.82 Å². The number of fused-ring (bicyclic) bond motifs is 4. The Morgan fingerprint density at radius 1 is 0.889 bits per heavy atom. The first kappa shape index (κ1) is 9.48. The Morgan fingerprint density at radius 2 is 1.72 bits per heavy atom. The van der Waals surface area contributed by atoms with Crippen LogP contribution in [0.5, 0.6) is 0 Å². The summed E-state index contributed by atoms with van der Waals surface area (Å²) in [4.78, 5) is 7.94. The third kappa shape index (κ3) is 1.27. The van der Waals surface area contributed by atoms with Gasteiger partial charge in [0, 0.05) is 22.7 Å². The summed E-state index contributed by atoms with van der Waals surface area (Å²) in [6.07, 6.45) is 1.92. The third-order valence-electron chi connectivity index (χ3n) is 3.24. The SMILES string of the molecule is C1=Nc2ccccc2Nc2[nH]c3ccccc3c21. The van der Waals surface area contributed by atoms with Gasteiger partial charge in [0.2, 0.25) is 0 Å². The van der Waals surface area contributed by atoms with Crippen LogP contribution in [0.3, 0.4) is 0 Å². The first-order valence-electron chi connectivity index (χ1n) is 5.93. The molecule has 1 aliphatic heterocycles. The molecular weight excluding hydrogens is 222 g/mol. The summed E-state index contributed by atoms with van der Waals surface area (Å²) in [6, 6.07) is 16.3. The van der Waals surface area contributed by atoms with Crippen molar-refractivity contribution >= 4 is 34.3 Å². The fourth-order valence-electron chi connectivity index (χ4n) is 2.36. The van der Waals surface area contributed by atoms with Crippen molar-refractivity contribution in [2.24, 2.45) is 4.99 Å². The molecule has 3 aromatic rings. The van der Waals surface area contributed by atoms with Crippen LogP contribution in [0.2, 0.25) is 0 Å². The van der Waals surface area contributed by atoms with E-state index in [1.807, 2.05) is 42.6 Å². The van der Waals surface area contributed by atoms with E-state index >= 15 is 0 Å². The highest BCUT2D eigenvalue weighted by Crippen LogP contribution is 2.34. The van der Waals surface area contributed by atoms with Gasteiger partial charge in [0.25, 0.3) is 0 Å². The smallest absolute Gasteiger partial charge is 0.117 e. The predicted molar refractivity (Wildman–Crippen MR) is 75.3 cm³/mol. The van der Waals surface area contributed by atoms with E-state index in [2.05, 4.69) is 27.4 Å². The molecular formula is C15H11N3. The van der Waals surface area contributed by atoms with E-state index < -0.39 is 0 Å². The second-order valence-corrected chi connectivity index (χ2v) is 4.36. The number of nitrogens with zero attached hydrogens (tertiary/aromatic N) is 1. The van der Waals surface area contributed by atoms with E-state index in [4.69, 9.17) is 0 Å². The van der Waals surface area contributed by atoms with E-state index in [1.165, 1.54) is 5.39 Å². The van der Waals surface area contributed by atoms with E-state index in [1.54, 1.807) is 0 Å². The first-order valence-corrected chi connectivity index (χ1v) is 5.93. The first-order chi connectivity index (χ1) is 8.92. The maximum atomic E-state index is 4.54. The molecule has 1 aliphatic rings. The Hall–Kier alpha value is -2.55. The van der Waals surface area contributed by atoms with Crippen LogP contribution in [0.4, 0.5) is 17.2 Å². The van der Waals surface area contributed by atoms with Crippen LogP contribution in [0.15, 0.2) is 53.5 Å². The molecule has 3 nitrogen and oxygen atoms in total. The number of para-hydroxylation sites is 3. The molecule has 0 saturated heterocycles. The number of aliphatic imine (C=N–C) groups is 1. The van der Waals surface area contributed by atoms with Gasteiger partial charge in [-0.3, -0.25) is 4.99 Å². The number of nitrogens with one attached hydrogen (secondary N) is 2. The zero-order valence-electron chi connectivity index (χ0n) is 9.64. The Balaban J connectivity index is 2.00. The normalized spacial score (nSPS) is 12.7. The predicted octanol–water partition coefficient (Wildman–Crippen LogP) is 3.98. The number of hydrogen-bond donors (Lipinski definition) is 2. The van der Waals surface area contributed by atoms with Crippen LogP contribution in [-0.2, 0) is 0 Å². The molecule has 1 aromatic heterocycles. The molecule has 0 aliphatic carbocycles. The number of hydrogen-bond acceptors (Lipinski definition) is 2. The van der Waals surface area contributed by atoms with Crippen LogP contribution in [0, 0.1) is 0 Å². The fraction of sp³-hybridized carbons (Fsp3) is 0. The summed E-state index contributed by atoms with van der Waals surface area (Å²) in [7, 11) is 0. The Bertz CT molecular complexity index is 768. The summed E-state index contributed by atoms with van der Waals surface area (Å²) >= 11 is 0. The molecule has 0 unspecified atom stereocenters. The van der Waals surface area contributed by atoms with Crippen molar-refractivity contribution in [3.8, 4) is 0 Å². The van der Waals surface area contributed by atoms with Crippen LogP contribution >= 0.6 is 0 Å². The third-order valence-corrected chi connectivity index (χ3v) is 3.24. The lowest BCUT2D eigenvalue weighted by molar-refractivity contribution is 1.41. The van der Waals surface area contributed by atoms with Crippen molar-refractivity contribution in [2.75, 3.05) is 5.32 Å². The molecule has 2 heterocycles. The molecule has 0 fully saturated rings. The van der Waals surface area contributed by atoms with Gasteiger partial charge in [-0.25, -0.2) is 0 Å². The molecule has 0 atom stereocenters. The van der Waals surface area contributed by atoms with Crippen molar-refractivity contribution in [1.29, 1.82) is 0 Å². The maximum absolute atomic E-state index is 4.54. The molecule has 0 spiro atoms. The molecule has 0 saturated carbocycles. The highest BCUT2D eigenvalue weighted by molar-refractivity contribution is 6.07. The summed E-state index contributed by atoms with van der Waals surface area (Å²) in [5.41, 5.74) is 4.23. The topological polar surface area (TPSA) is 40.2 Å². The highest BCUT2D eigenvalue weighted by Gasteiger charge is 2.13. The van der Waals surface area contributed by atoms with Crippen molar-refractivity contribution in [3.63, 3.8) is 0 Å². The van der Waals surface area contributed by atoms with E-state index in [-0.39, 0.29) is 0 Å². The lowest BCUT2D eigenvalue weighted by Crippen LogP contribution is -1.91. The zero-order valence-corrected chi connectivity index (χ0v) is 9.64. The number of anilines is 2. The minimum Gasteiger partial charge on any atom is -0.341 e. The van der Waals surface area contributed by atoms with Gasteiger partial charge in [-0.2, -0.15) is 0 Å². The number of rotatable bonds is 0. The quantitative estimate of drug-likeness (QED) is 0.474. The van der Waals surface area contributed by atoms with Crippen LogP contribution < -0.4 is 5.32 Å². The fourth-order valence-corrected chi connectivity index (χ4v) is 2.36. The van der Waals surface area contributed by atoms with E-state index in [0.29, 0.717) is 0 Å². The zero-order chi connectivity index (χ0) is 11.9. The standard InChI is InChI=1S/C15H11N3/c1-2-6-12-10(5-1)11-9-16-13-7-3-4-8-14(13)18-15(11)17-12/h1-9,17-18H. The second-order valence-electron chi connectivity index (χ2n) is 4.36. The largest absolute Gasteiger partial charge is 0.341 e. The molecule has 0 bridgehead atoms. The van der Waals surface area contributed by atoms with Crippen molar-refractivity contribution in [3.05, 3.63) is 54.1 Å². The van der Waals surface area contributed by atoms with Gasteiger partial charge in [-0.1, -0.05) is 30.3 Å². The van der Waals surface area contributed by atoms with Crippen LogP contribution in [-0.4, -0.2) is 11.2 Å². The molecule has 3 heteroatoms. The molecule has 18 heavy (non-hydrogen) atoms. The Labute approximate surface area is 104 Å². The molecule has 86 valence electrons. The number of H-pyrrole nitrogens is 1. The van der Waals surface area contributed by atoms with E-state index in [0.717, 1.165) is 28.3 Å². The second kappa shape index (κ2) is 3.47. The average Bonchev–Trinajstić information content (AvgIpc) is 2.65. The van der Waals surface area contributed by atoms with Gasteiger partial charge < -0.3 is 10.3 Å². The molecule has 0 amide bonds. The van der Waals surface area contributed by atoms with Gasteiger partial charge >= 0.3 is 0 Å². The maximum Gasteiger partial charge on any atom is 0.117 e. The summed E-state index contributed by atoms with van der Waals surface area (Å²) in [6.45, 7) is 0. The summed E-state index contributed by atoms with van der Waals surface area (Å²) < 4.78 is 0. The van der Waals surface area contributed by atoms with Gasteiger partial charge in [0.15, 0.2) is 0 Å². The van der Waals surface area contributed by atoms with Gasteiger partial charge in [-0.05, 0) is 18.2 Å². The van der Waals surface area contributed by atoms with Crippen molar-refractivity contribution in [1.82, 2.24) is 4.98 Å². The summed E-state index contributed by atoms with van der Waals surface area (Å²) in [5.74, 6) is 1.00. The van der Waals surface area contributed by atoms with Crippen LogP contribution in [0.1, 0.15) is 5.56 Å². The molecule has 2 aromatic carbocycles. The van der Waals surface area contributed by atoms with Crippen molar-refractivity contribution in [2.45, 2.75) is 0 Å². The van der Waals surface area contributed by atoms with Crippen molar-refractivity contribution < 1.29 is 0 Å². The minimum atomic E-state index is 0.964. The molecule has 2 N–H and O–H groups in total. The highest BCUT2D eigenvalue weighted by atomic mass is 15.0. The lowest BCUT2D eigenvalue weighted by atomic mass is 10.2. The van der Waals surface area contributed by atoms with Gasteiger partial charge in [0.05, 0.1) is 11.4 Å². The Morgan fingerprint density at radius 3 is 2.72 bits per heavy atom. The van der Waals surface area contributed by atoms with Crippen LogP contribution in [0.25, 0.3) is 10.9 Å². The number of benzene rings is 2. The minimum absolute atomic E-state index is 0.964. The number of aromatic amines is 1. The summed E-state index contributed by atoms with van der Waals surface area (Å²) in [5, 5.41) is 4.60. The monoisotopic (exact) mass is 233 g/mol. The van der Waals surface area contributed by atoms with E-state index in [9.17, 15) is 0 Å².